The van der Waals surface area contributed by atoms with Gasteiger partial charge in [-0.2, -0.15) is 5.26 Å². The zero-order valence-electron chi connectivity index (χ0n) is 12.3. The van der Waals surface area contributed by atoms with Crippen molar-refractivity contribution in [2.75, 3.05) is 13.7 Å². The van der Waals surface area contributed by atoms with E-state index in [9.17, 15) is 9.59 Å². The molecular weight excluding hydrogens is 284 g/mol. The Bertz CT molecular complexity index is 644. The number of methoxy groups -OCH3 is 1. The van der Waals surface area contributed by atoms with Gasteiger partial charge in [0.2, 0.25) is 0 Å². The number of ketones is 1. The van der Waals surface area contributed by atoms with Crippen LogP contribution < -0.4 is 4.74 Å². The van der Waals surface area contributed by atoms with Gasteiger partial charge in [-0.15, -0.1) is 0 Å². The normalized spacial score (nSPS) is 11.5. The van der Waals surface area contributed by atoms with Crippen LogP contribution in [0.1, 0.15) is 12.5 Å². The molecule has 0 aliphatic carbocycles. The van der Waals surface area contributed by atoms with Gasteiger partial charge in [0.1, 0.15) is 11.7 Å². The summed E-state index contributed by atoms with van der Waals surface area (Å²) in [6, 6.07) is 8.80. The molecule has 0 fully saturated rings. The third-order valence-electron chi connectivity index (χ3n) is 2.78. The Morgan fingerprint density at radius 2 is 2.09 bits per heavy atom. The number of carbonyl (C=O) groups excluding carboxylic acids is 2. The summed E-state index contributed by atoms with van der Waals surface area (Å²) in [7, 11) is 1.52. The lowest BCUT2D eigenvalue weighted by atomic mass is 10.0. The van der Waals surface area contributed by atoms with Gasteiger partial charge in [0.25, 0.3) is 0 Å². The lowest BCUT2D eigenvalue weighted by Gasteiger charge is -2.06. The number of hydrogen-bond acceptors (Lipinski definition) is 6. The lowest BCUT2D eigenvalue weighted by molar-refractivity contribution is -0.143. The number of nitrogens with zero attached hydrogens (tertiary/aromatic N) is 1. The zero-order valence-corrected chi connectivity index (χ0v) is 12.3. The predicted molar refractivity (Wildman–Crippen MR) is 80.5 cm³/mol. The van der Waals surface area contributed by atoms with Crippen LogP contribution >= 0.6 is 0 Å². The first kappa shape index (κ1) is 17.1. The van der Waals surface area contributed by atoms with E-state index < -0.39 is 24.3 Å². The first-order valence-corrected chi connectivity index (χ1v) is 6.44. The number of ether oxygens (including phenoxy) is 2. The summed E-state index contributed by atoms with van der Waals surface area (Å²) in [4.78, 5) is 23.2. The van der Waals surface area contributed by atoms with Crippen molar-refractivity contribution < 1.29 is 19.1 Å². The number of nitrogens with one attached hydrogen (secondary N) is 1. The van der Waals surface area contributed by atoms with Crippen molar-refractivity contribution in [1.82, 2.24) is 0 Å². The second-order valence-electron chi connectivity index (χ2n) is 4.39. The second-order valence-corrected chi connectivity index (χ2v) is 4.39. The van der Waals surface area contributed by atoms with Gasteiger partial charge < -0.3 is 14.9 Å². The van der Waals surface area contributed by atoms with Crippen LogP contribution in [0.5, 0.6) is 5.75 Å². The minimum absolute atomic E-state index is 0.0758. The molecule has 0 saturated carbocycles. The van der Waals surface area contributed by atoms with E-state index in [1.807, 2.05) is 0 Å². The number of carbonyl (C=O) groups is 2. The highest BCUT2D eigenvalue weighted by Crippen LogP contribution is 2.18. The Labute approximate surface area is 128 Å². The Morgan fingerprint density at radius 1 is 1.41 bits per heavy atom. The van der Waals surface area contributed by atoms with Crippen molar-refractivity contribution in [2.24, 2.45) is 5.92 Å². The van der Waals surface area contributed by atoms with E-state index in [0.717, 1.165) is 0 Å². The Hall–Kier alpha value is -2.94. The molecule has 0 heterocycles. The fourth-order valence-corrected chi connectivity index (χ4v) is 1.65. The van der Waals surface area contributed by atoms with Crippen molar-refractivity contribution in [3.63, 3.8) is 0 Å². The van der Waals surface area contributed by atoms with Crippen LogP contribution in [0.25, 0.3) is 6.08 Å². The average molecular weight is 300 g/mol. The van der Waals surface area contributed by atoms with Gasteiger partial charge in [-0.05, 0) is 19.1 Å². The molecule has 1 aromatic carbocycles. The quantitative estimate of drug-likeness (QED) is 0.471. The second kappa shape index (κ2) is 8.37. The molecule has 0 amide bonds. The van der Waals surface area contributed by atoms with Gasteiger partial charge in [0.05, 0.1) is 13.2 Å². The first-order valence-electron chi connectivity index (χ1n) is 6.44. The number of Topliss-reactive ketones (excluding diaryl/α,β-unsaturated/α-hetero) is 1. The average Bonchev–Trinajstić information content (AvgIpc) is 2.51. The molecular formula is C16H16N2O4. The zero-order chi connectivity index (χ0) is 16.5. The van der Waals surface area contributed by atoms with Gasteiger partial charge in [0, 0.05) is 17.4 Å². The Kier molecular flexibility index (Phi) is 6.51. The fraction of sp³-hybridized carbons (Fsp3) is 0.250. The largest absolute Gasteiger partial charge is 0.496 e. The molecule has 22 heavy (non-hydrogen) atoms. The standard InChI is InChI=1S/C16H16N2O4/c1-11(18)13(9-17)14(19)10-22-16(20)8-7-12-5-3-4-6-15(12)21-2/h3-8,13,18H,10H2,1-2H3/b8-7+,18-11?. The topological polar surface area (TPSA) is 100 Å². The summed E-state index contributed by atoms with van der Waals surface area (Å²) in [5.41, 5.74) is 0.617. The number of hydrogen-bond donors (Lipinski definition) is 1. The molecule has 0 radical (unpaired) electrons. The number of esters is 1. The smallest absolute Gasteiger partial charge is 0.331 e. The molecule has 1 aromatic rings. The molecule has 114 valence electrons. The van der Waals surface area contributed by atoms with Crippen molar-refractivity contribution in [2.45, 2.75) is 6.92 Å². The van der Waals surface area contributed by atoms with Gasteiger partial charge in [-0.25, -0.2) is 4.79 Å². The summed E-state index contributed by atoms with van der Waals surface area (Å²) < 4.78 is 9.90. The van der Waals surface area contributed by atoms with Crippen molar-refractivity contribution in [3.8, 4) is 11.8 Å². The highest BCUT2D eigenvalue weighted by Gasteiger charge is 2.20. The van der Waals surface area contributed by atoms with E-state index in [2.05, 4.69) is 0 Å². The summed E-state index contributed by atoms with van der Waals surface area (Å²) >= 11 is 0. The molecule has 6 heteroatoms. The lowest BCUT2D eigenvalue weighted by Crippen LogP contribution is -2.25. The molecule has 0 saturated heterocycles. The molecule has 0 spiro atoms. The van der Waals surface area contributed by atoms with E-state index in [1.54, 1.807) is 30.3 Å². The highest BCUT2D eigenvalue weighted by atomic mass is 16.5. The minimum atomic E-state index is -1.18. The van der Waals surface area contributed by atoms with Gasteiger partial charge in [-0.1, -0.05) is 18.2 Å². The highest BCUT2D eigenvalue weighted by molar-refractivity contribution is 6.06. The monoisotopic (exact) mass is 300 g/mol. The maximum atomic E-state index is 11.6. The summed E-state index contributed by atoms with van der Waals surface area (Å²) in [6.45, 7) is 0.818. The molecule has 0 aliphatic heterocycles. The van der Waals surface area contributed by atoms with E-state index >= 15 is 0 Å². The maximum Gasteiger partial charge on any atom is 0.331 e. The van der Waals surface area contributed by atoms with Crippen LogP contribution in [-0.2, 0) is 14.3 Å². The summed E-state index contributed by atoms with van der Waals surface area (Å²) in [6.07, 6.45) is 2.68. The van der Waals surface area contributed by atoms with Crippen LogP contribution in [0, 0.1) is 22.7 Å². The van der Waals surface area contributed by atoms with Crippen molar-refractivity contribution >= 4 is 23.5 Å². The summed E-state index contributed by atoms with van der Waals surface area (Å²) in [5, 5.41) is 16.1. The minimum Gasteiger partial charge on any atom is -0.496 e. The summed E-state index contributed by atoms with van der Waals surface area (Å²) in [5.74, 6) is -1.90. The van der Waals surface area contributed by atoms with Crippen LogP contribution in [0.15, 0.2) is 30.3 Å². The van der Waals surface area contributed by atoms with E-state index in [-0.39, 0.29) is 5.71 Å². The third kappa shape index (κ3) is 4.87. The fourth-order valence-electron chi connectivity index (χ4n) is 1.65. The number of rotatable bonds is 7. The van der Waals surface area contributed by atoms with Crippen LogP contribution in [0.3, 0.4) is 0 Å². The number of para-hydroxylation sites is 1. The molecule has 0 aromatic heterocycles. The molecule has 6 nitrogen and oxygen atoms in total. The first-order chi connectivity index (χ1) is 10.5. The molecule has 1 atom stereocenters. The van der Waals surface area contributed by atoms with E-state index in [0.29, 0.717) is 11.3 Å². The van der Waals surface area contributed by atoms with Gasteiger partial charge >= 0.3 is 5.97 Å². The van der Waals surface area contributed by atoms with Crippen molar-refractivity contribution in [3.05, 3.63) is 35.9 Å². The number of nitriles is 1. The van der Waals surface area contributed by atoms with Crippen LogP contribution in [0.4, 0.5) is 0 Å². The SMILES string of the molecule is COc1ccccc1/C=C/C(=O)OCC(=O)C(C#N)C(C)=N. The third-order valence-corrected chi connectivity index (χ3v) is 2.78. The molecule has 1 N–H and O–H groups in total. The Balaban J connectivity index is 2.60. The van der Waals surface area contributed by atoms with Gasteiger partial charge in [-0.3, -0.25) is 4.79 Å². The molecule has 0 aliphatic rings. The molecule has 0 bridgehead atoms. The number of benzene rings is 1. The predicted octanol–water partition coefficient (Wildman–Crippen LogP) is 2.00. The van der Waals surface area contributed by atoms with E-state index in [4.69, 9.17) is 20.1 Å². The van der Waals surface area contributed by atoms with Crippen LogP contribution in [-0.4, -0.2) is 31.2 Å². The molecule has 1 unspecified atom stereocenters. The van der Waals surface area contributed by atoms with Crippen molar-refractivity contribution in [1.29, 1.82) is 10.7 Å². The van der Waals surface area contributed by atoms with Crippen LogP contribution in [0.2, 0.25) is 0 Å². The van der Waals surface area contributed by atoms with E-state index in [1.165, 1.54) is 26.2 Å². The van der Waals surface area contributed by atoms with Gasteiger partial charge in [0.15, 0.2) is 12.4 Å². The maximum absolute atomic E-state index is 11.6. The Morgan fingerprint density at radius 3 is 2.68 bits per heavy atom. The molecule has 1 rings (SSSR count).